The highest BCUT2D eigenvalue weighted by Crippen LogP contribution is 2.42. The standard InChI is InChI=1S/C54H35NO/c1-3-12-41-33-43(21-19-36(41)9-1)38-23-28-46(29-24-38)55(47-30-25-39(26-31-47)44-22-20-37-10-2-4-13-42(37)34-44)48-15-7-14-45(35-48)49-17-8-18-52-53(49)51-32-27-40-11-5-6-16-50(40)54(51)56-52/h1-35H. The van der Waals surface area contributed by atoms with Crippen LogP contribution >= 0.6 is 0 Å². The molecule has 0 aliphatic heterocycles. The van der Waals surface area contributed by atoms with Crippen LogP contribution in [0.25, 0.3) is 87.6 Å². The molecule has 0 radical (unpaired) electrons. The Morgan fingerprint density at radius 2 is 0.839 bits per heavy atom. The van der Waals surface area contributed by atoms with Crippen molar-refractivity contribution in [2.75, 3.05) is 4.90 Å². The lowest BCUT2D eigenvalue weighted by molar-refractivity contribution is 0.673. The van der Waals surface area contributed by atoms with Crippen molar-refractivity contribution in [2.24, 2.45) is 0 Å². The lowest BCUT2D eigenvalue weighted by Crippen LogP contribution is -2.10. The Balaban J connectivity index is 1.03. The molecule has 2 nitrogen and oxygen atoms in total. The molecule has 0 saturated heterocycles. The van der Waals surface area contributed by atoms with E-state index < -0.39 is 0 Å². The number of rotatable bonds is 6. The van der Waals surface area contributed by atoms with E-state index in [9.17, 15) is 0 Å². The highest BCUT2D eigenvalue weighted by molar-refractivity contribution is 6.19. The molecule has 56 heavy (non-hydrogen) atoms. The first kappa shape index (κ1) is 32.0. The molecule has 10 aromatic carbocycles. The van der Waals surface area contributed by atoms with Crippen LogP contribution in [0.1, 0.15) is 0 Å². The fourth-order valence-corrected chi connectivity index (χ4v) is 8.40. The topological polar surface area (TPSA) is 16.4 Å². The third-order valence-corrected chi connectivity index (χ3v) is 11.2. The quantitative estimate of drug-likeness (QED) is 0.171. The van der Waals surface area contributed by atoms with Crippen molar-refractivity contribution < 1.29 is 4.42 Å². The zero-order valence-corrected chi connectivity index (χ0v) is 30.6. The molecule has 11 rings (SSSR count). The molecule has 2 heteroatoms. The number of nitrogens with zero attached hydrogens (tertiary/aromatic N) is 1. The van der Waals surface area contributed by atoms with E-state index in [1.807, 2.05) is 0 Å². The molecule has 1 heterocycles. The highest BCUT2D eigenvalue weighted by Gasteiger charge is 2.18. The van der Waals surface area contributed by atoms with Crippen LogP contribution < -0.4 is 4.90 Å². The first-order valence-corrected chi connectivity index (χ1v) is 19.2. The number of benzene rings is 10. The molecule has 0 saturated carbocycles. The molecule has 1 aromatic heterocycles. The van der Waals surface area contributed by atoms with Crippen LogP contribution in [0, 0.1) is 0 Å². The van der Waals surface area contributed by atoms with E-state index in [0.717, 1.165) is 55.5 Å². The smallest absolute Gasteiger partial charge is 0.143 e. The Bertz CT molecular complexity index is 3120. The van der Waals surface area contributed by atoms with Crippen LogP contribution in [0.15, 0.2) is 217 Å². The predicted molar refractivity (Wildman–Crippen MR) is 237 cm³/mol. The fraction of sp³-hybridized carbons (Fsp3) is 0. The van der Waals surface area contributed by atoms with Crippen molar-refractivity contribution in [3.63, 3.8) is 0 Å². The van der Waals surface area contributed by atoms with E-state index in [-0.39, 0.29) is 0 Å². The van der Waals surface area contributed by atoms with Crippen molar-refractivity contribution in [1.29, 1.82) is 0 Å². The van der Waals surface area contributed by atoms with Crippen molar-refractivity contribution in [3.8, 4) is 33.4 Å². The summed E-state index contributed by atoms with van der Waals surface area (Å²) in [5.74, 6) is 0. The summed E-state index contributed by atoms with van der Waals surface area (Å²) < 4.78 is 6.58. The molecular weight excluding hydrogens is 679 g/mol. The average molecular weight is 714 g/mol. The maximum Gasteiger partial charge on any atom is 0.143 e. The molecule has 0 spiro atoms. The molecule has 0 unspecified atom stereocenters. The van der Waals surface area contributed by atoms with Gasteiger partial charge in [0, 0.05) is 33.2 Å². The van der Waals surface area contributed by atoms with Crippen LogP contribution in [-0.4, -0.2) is 0 Å². The fourth-order valence-electron chi connectivity index (χ4n) is 8.40. The lowest BCUT2D eigenvalue weighted by Gasteiger charge is -2.26. The summed E-state index contributed by atoms with van der Waals surface area (Å²) in [6.07, 6.45) is 0. The second-order valence-corrected chi connectivity index (χ2v) is 14.5. The first-order chi connectivity index (χ1) is 27.7. The maximum atomic E-state index is 6.58. The number of hydrogen-bond acceptors (Lipinski definition) is 2. The second-order valence-electron chi connectivity index (χ2n) is 14.5. The van der Waals surface area contributed by atoms with Crippen molar-refractivity contribution in [1.82, 2.24) is 0 Å². The molecular formula is C54H35NO. The SMILES string of the molecule is c1cc(-c2cccc3oc4c5ccccc5ccc4c23)cc(N(c2ccc(-c3ccc4ccccc4c3)cc2)c2ccc(-c3ccc4ccccc4c3)cc2)c1. The number of anilines is 3. The number of hydrogen-bond donors (Lipinski definition) is 0. The molecule has 0 atom stereocenters. The average Bonchev–Trinajstić information content (AvgIpc) is 3.67. The summed E-state index contributed by atoms with van der Waals surface area (Å²) in [4.78, 5) is 2.36. The summed E-state index contributed by atoms with van der Waals surface area (Å²) in [6, 6.07) is 76.5. The van der Waals surface area contributed by atoms with E-state index >= 15 is 0 Å². The van der Waals surface area contributed by atoms with Crippen molar-refractivity contribution >= 4 is 71.3 Å². The minimum atomic E-state index is 0.893. The van der Waals surface area contributed by atoms with Gasteiger partial charge in [-0.05, 0) is 121 Å². The van der Waals surface area contributed by atoms with Crippen molar-refractivity contribution in [3.05, 3.63) is 212 Å². The van der Waals surface area contributed by atoms with Gasteiger partial charge >= 0.3 is 0 Å². The minimum Gasteiger partial charge on any atom is -0.455 e. The molecule has 11 aromatic rings. The second kappa shape index (κ2) is 13.2. The molecule has 0 aliphatic rings. The summed E-state index contributed by atoms with van der Waals surface area (Å²) in [6.45, 7) is 0. The molecule has 0 amide bonds. The van der Waals surface area contributed by atoms with Gasteiger partial charge in [0.1, 0.15) is 11.2 Å². The van der Waals surface area contributed by atoms with Gasteiger partial charge in [-0.1, -0.05) is 152 Å². The monoisotopic (exact) mass is 713 g/mol. The Labute approximate surface area is 325 Å². The minimum absolute atomic E-state index is 0.893. The molecule has 0 N–H and O–H groups in total. The van der Waals surface area contributed by atoms with Gasteiger partial charge < -0.3 is 9.32 Å². The molecule has 0 fully saturated rings. The first-order valence-electron chi connectivity index (χ1n) is 19.2. The lowest BCUT2D eigenvalue weighted by atomic mass is 9.97. The van der Waals surface area contributed by atoms with Gasteiger partial charge in [-0.3, -0.25) is 0 Å². The highest BCUT2D eigenvalue weighted by atomic mass is 16.3. The van der Waals surface area contributed by atoms with E-state index in [0.29, 0.717) is 0 Å². The van der Waals surface area contributed by atoms with Gasteiger partial charge in [0.2, 0.25) is 0 Å². The summed E-state index contributed by atoms with van der Waals surface area (Å²) in [5.41, 5.74) is 12.1. The predicted octanol–water partition coefficient (Wildman–Crippen LogP) is 15.5. The molecule has 0 aliphatic carbocycles. The Hall–Kier alpha value is -7.42. The van der Waals surface area contributed by atoms with Crippen LogP contribution in [0.5, 0.6) is 0 Å². The van der Waals surface area contributed by atoms with E-state index in [4.69, 9.17) is 4.42 Å². The largest absolute Gasteiger partial charge is 0.455 e. The summed E-state index contributed by atoms with van der Waals surface area (Å²) in [5, 5.41) is 9.56. The summed E-state index contributed by atoms with van der Waals surface area (Å²) >= 11 is 0. The van der Waals surface area contributed by atoms with Gasteiger partial charge in [0.15, 0.2) is 0 Å². The maximum absolute atomic E-state index is 6.58. The van der Waals surface area contributed by atoms with Crippen LogP contribution in [0.3, 0.4) is 0 Å². The normalized spacial score (nSPS) is 11.6. The van der Waals surface area contributed by atoms with Crippen LogP contribution in [0.4, 0.5) is 17.1 Å². The van der Waals surface area contributed by atoms with Gasteiger partial charge in [-0.2, -0.15) is 0 Å². The summed E-state index contributed by atoms with van der Waals surface area (Å²) in [7, 11) is 0. The Morgan fingerprint density at radius 1 is 0.304 bits per heavy atom. The van der Waals surface area contributed by atoms with Crippen LogP contribution in [0.2, 0.25) is 0 Å². The number of furan rings is 1. The van der Waals surface area contributed by atoms with E-state index in [2.05, 4.69) is 217 Å². The van der Waals surface area contributed by atoms with Gasteiger partial charge in [0.25, 0.3) is 0 Å². The third-order valence-electron chi connectivity index (χ3n) is 11.2. The van der Waals surface area contributed by atoms with Gasteiger partial charge in [0.05, 0.1) is 0 Å². The molecule has 0 bridgehead atoms. The van der Waals surface area contributed by atoms with E-state index in [1.54, 1.807) is 0 Å². The van der Waals surface area contributed by atoms with E-state index in [1.165, 1.54) is 49.2 Å². The zero-order valence-electron chi connectivity index (χ0n) is 30.6. The third kappa shape index (κ3) is 5.51. The Morgan fingerprint density at radius 3 is 1.48 bits per heavy atom. The number of fused-ring (bicyclic) bond motifs is 7. The Kier molecular flexibility index (Phi) is 7.53. The zero-order chi connectivity index (χ0) is 37.0. The molecule has 262 valence electrons. The van der Waals surface area contributed by atoms with Gasteiger partial charge in [-0.15, -0.1) is 0 Å². The van der Waals surface area contributed by atoms with Crippen LogP contribution in [-0.2, 0) is 0 Å². The van der Waals surface area contributed by atoms with Crippen molar-refractivity contribution in [2.45, 2.75) is 0 Å². The van der Waals surface area contributed by atoms with Gasteiger partial charge in [-0.25, -0.2) is 0 Å².